The van der Waals surface area contributed by atoms with E-state index in [-0.39, 0.29) is 11.8 Å². The summed E-state index contributed by atoms with van der Waals surface area (Å²) in [7, 11) is 4.65. The van der Waals surface area contributed by atoms with Gasteiger partial charge >= 0.3 is 0 Å². The molecule has 0 saturated carbocycles. The van der Waals surface area contributed by atoms with Crippen LogP contribution in [0, 0.1) is 6.92 Å². The first-order chi connectivity index (χ1) is 19.8. The van der Waals surface area contributed by atoms with Crippen molar-refractivity contribution in [3.63, 3.8) is 0 Å². The SMILES string of the molecule is COc1ccccc1NC(=O)C1=C(C)Nc2c(C(=O)Nc3cccc(C)c3)cnn2C1c1ccc(OC)c(OC)c1. The minimum Gasteiger partial charge on any atom is -0.495 e. The van der Waals surface area contributed by atoms with Crippen LogP contribution in [0.25, 0.3) is 0 Å². The van der Waals surface area contributed by atoms with Crippen molar-refractivity contribution in [2.45, 2.75) is 19.9 Å². The monoisotopic (exact) mass is 553 g/mol. The van der Waals surface area contributed by atoms with E-state index in [1.54, 1.807) is 57.2 Å². The van der Waals surface area contributed by atoms with Crippen LogP contribution < -0.4 is 30.2 Å². The number of allylic oxidation sites excluding steroid dienone is 1. The third-order valence-electron chi connectivity index (χ3n) is 6.87. The average molecular weight is 554 g/mol. The van der Waals surface area contributed by atoms with Crippen molar-refractivity contribution in [1.29, 1.82) is 0 Å². The first-order valence-electron chi connectivity index (χ1n) is 12.9. The molecule has 10 nitrogen and oxygen atoms in total. The Bertz CT molecular complexity index is 1660. The Labute approximate surface area is 237 Å². The van der Waals surface area contributed by atoms with Crippen molar-refractivity contribution < 1.29 is 23.8 Å². The Kier molecular flexibility index (Phi) is 7.64. The average Bonchev–Trinajstić information content (AvgIpc) is 3.39. The Morgan fingerprint density at radius 2 is 1.59 bits per heavy atom. The van der Waals surface area contributed by atoms with Gasteiger partial charge in [0.05, 0.1) is 38.8 Å². The Morgan fingerprint density at radius 1 is 0.829 bits per heavy atom. The number of methoxy groups -OCH3 is 3. The fourth-order valence-corrected chi connectivity index (χ4v) is 4.91. The highest BCUT2D eigenvalue weighted by molar-refractivity contribution is 6.09. The fraction of sp³-hybridized carbons (Fsp3) is 0.194. The predicted octanol–water partition coefficient (Wildman–Crippen LogP) is 5.40. The number of benzene rings is 3. The summed E-state index contributed by atoms with van der Waals surface area (Å²) < 4.78 is 18.1. The number of nitrogens with one attached hydrogen (secondary N) is 3. The molecule has 5 rings (SSSR count). The van der Waals surface area contributed by atoms with Crippen LogP contribution in [-0.2, 0) is 4.79 Å². The van der Waals surface area contributed by atoms with Gasteiger partial charge in [0.2, 0.25) is 0 Å². The first-order valence-corrected chi connectivity index (χ1v) is 12.9. The van der Waals surface area contributed by atoms with E-state index in [4.69, 9.17) is 14.2 Å². The molecule has 1 unspecified atom stereocenters. The van der Waals surface area contributed by atoms with Gasteiger partial charge in [0.1, 0.15) is 23.2 Å². The zero-order valence-electron chi connectivity index (χ0n) is 23.4. The molecule has 2 heterocycles. The summed E-state index contributed by atoms with van der Waals surface area (Å²) in [5, 5.41) is 13.7. The number of aromatic nitrogens is 2. The molecule has 3 N–H and O–H groups in total. The lowest BCUT2D eigenvalue weighted by molar-refractivity contribution is -0.113. The summed E-state index contributed by atoms with van der Waals surface area (Å²) in [5.41, 5.74) is 4.24. The maximum Gasteiger partial charge on any atom is 0.261 e. The van der Waals surface area contributed by atoms with Crippen molar-refractivity contribution >= 4 is 29.0 Å². The highest BCUT2D eigenvalue weighted by Crippen LogP contribution is 2.41. The Hall–Kier alpha value is -5.25. The maximum absolute atomic E-state index is 13.9. The van der Waals surface area contributed by atoms with E-state index < -0.39 is 6.04 Å². The molecule has 2 amide bonds. The van der Waals surface area contributed by atoms with Crippen molar-refractivity contribution in [3.8, 4) is 17.2 Å². The summed E-state index contributed by atoms with van der Waals surface area (Å²) in [6.45, 7) is 3.75. The molecular weight excluding hydrogens is 522 g/mol. The fourth-order valence-electron chi connectivity index (χ4n) is 4.91. The van der Waals surface area contributed by atoms with Gasteiger partial charge in [-0.25, -0.2) is 4.68 Å². The summed E-state index contributed by atoms with van der Waals surface area (Å²) in [5.74, 6) is 1.35. The molecule has 0 bridgehead atoms. The highest BCUT2D eigenvalue weighted by atomic mass is 16.5. The molecular formula is C31H31N5O5. The van der Waals surface area contributed by atoms with Crippen molar-refractivity contribution in [3.05, 3.63) is 101 Å². The molecule has 0 spiro atoms. The lowest BCUT2D eigenvalue weighted by Gasteiger charge is -2.30. The van der Waals surface area contributed by atoms with Crippen molar-refractivity contribution in [1.82, 2.24) is 9.78 Å². The highest BCUT2D eigenvalue weighted by Gasteiger charge is 2.36. The molecule has 210 valence electrons. The first kappa shape index (κ1) is 27.3. The van der Waals surface area contributed by atoms with Crippen molar-refractivity contribution in [2.24, 2.45) is 0 Å². The molecule has 10 heteroatoms. The second-order valence-corrected chi connectivity index (χ2v) is 9.51. The van der Waals surface area contributed by atoms with Crippen LogP contribution in [0.3, 0.4) is 0 Å². The van der Waals surface area contributed by atoms with Gasteiger partial charge in [-0.15, -0.1) is 0 Å². The Balaban J connectivity index is 1.59. The van der Waals surface area contributed by atoms with E-state index in [2.05, 4.69) is 21.0 Å². The number of fused-ring (bicyclic) bond motifs is 1. The van der Waals surface area contributed by atoms with Gasteiger partial charge < -0.3 is 30.2 Å². The lowest BCUT2D eigenvalue weighted by Crippen LogP contribution is -2.32. The van der Waals surface area contributed by atoms with Gasteiger partial charge in [0.15, 0.2) is 11.5 Å². The predicted molar refractivity (Wildman–Crippen MR) is 157 cm³/mol. The third-order valence-corrected chi connectivity index (χ3v) is 6.87. The van der Waals surface area contributed by atoms with Gasteiger partial charge in [0, 0.05) is 11.4 Å². The second kappa shape index (κ2) is 11.5. The van der Waals surface area contributed by atoms with E-state index in [0.717, 1.165) is 5.56 Å². The molecule has 0 radical (unpaired) electrons. The number of amides is 2. The molecule has 41 heavy (non-hydrogen) atoms. The van der Waals surface area contributed by atoms with Gasteiger partial charge in [-0.05, 0) is 61.4 Å². The van der Waals surface area contributed by atoms with Crippen LogP contribution in [0.2, 0.25) is 0 Å². The summed E-state index contributed by atoms with van der Waals surface area (Å²) in [6, 6.07) is 19.5. The van der Waals surface area contributed by atoms with Crippen LogP contribution in [0.5, 0.6) is 17.2 Å². The summed E-state index contributed by atoms with van der Waals surface area (Å²) in [6.07, 6.45) is 1.50. The maximum atomic E-state index is 13.9. The topological polar surface area (TPSA) is 116 Å². The van der Waals surface area contributed by atoms with Crippen LogP contribution in [-0.4, -0.2) is 42.9 Å². The molecule has 0 aliphatic carbocycles. The van der Waals surface area contributed by atoms with Gasteiger partial charge in [-0.3, -0.25) is 9.59 Å². The molecule has 0 saturated heterocycles. The summed E-state index contributed by atoms with van der Waals surface area (Å²) >= 11 is 0. The van der Waals surface area contributed by atoms with E-state index in [9.17, 15) is 9.59 Å². The Morgan fingerprint density at radius 3 is 2.32 bits per heavy atom. The van der Waals surface area contributed by atoms with E-state index >= 15 is 0 Å². The number of aryl methyl sites for hydroxylation is 1. The second-order valence-electron chi connectivity index (χ2n) is 9.51. The number of para-hydroxylation sites is 2. The number of nitrogens with zero attached hydrogens (tertiary/aromatic N) is 2. The van der Waals surface area contributed by atoms with Gasteiger partial charge in [-0.1, -0.05) is 30.3 Å². The molecule has 4 aromatic rings. The van der Waals surface area contributed by atoms with Gasteiger partial charge in [0.25, 0.3) is 11.8 Å². The van der Waals surface area contributed by atoms with E-state index in [0.29, 0.717) is 56.8 Å². The zero-order valence-corrected chi connectivity index (χ0v) is 23.4. The van der Waals surface area contributed by atoms with Crippen LogP contribution in [0.15, 0.2) is 84.2 Å². The molecule has 1 aromatic heterocycles. The smallest absolute Gasteiger partial charge is 0.261 e. The van der Waals surface area contributed by atoms with E-state index in [1.165, 1.54) is 6.20 Å². The summed E-state index contributed by atoms with van der Waals surface area (Å²) in [4.78, 5) is 27.3. The molecule has 3 aromatic carbocycles. The number of hydrogen-bond donors (Lipinski definition) is 3. The number of rotatable bonds is 8. The number of hydrogen-bond acceptors (Lipinski definition) is 7. The largest absolute Gasteiger partial charge is 0.495 e. The van der Waals surface area contributed by atoms with Crippen LogP contribution in [0.1, 0.15) is 34.5 Å². The van der Waals surface area contributed by atoms with Crippen molar-refractivity contribution in [2.75, 3.05) is 37.3 Å². The third kappa shape index (κ3) is 5.31. The molecule has 0 fully saturated rings. The van der Waals surface area contributed by atoms with Gasteiger partial charge in [-0.2, -0.15) is 5.10 Å². The molecule has 1 atom stereocenters. The minimum atomic E-state index is -0.693. The quantitative estimate of drug-likeness (QED) is 0.268. The lowest BCUT2D eigenvalue weighted by atomic mass is 9.94. The number of carbonyl (C=O) groups excluding carboxylic acids is 2. The molecule has 1 aliphatic heterocycles. The van der Waals surface area contributed by atoms with Crippen LogP contribution >= 0.6 is 0 Å². The normalized spacial score (nSPS) is 14.0. The number of carbonyl (C=O) groups is 2. The van der Waals surface area contributed by atoms with E-state index in [1.807, 2.05) is 49.4 Å². The standard InChI is InChI=1S/C31H31N5O5/c1-18-9-8-10-21(15-18)34-30(37)22-17-32-36-28(20-13-14-25(40-4)26(16-20)41-5)27(19(2)33-29(22)36)31(38)35-23-11-6-7-12-24(23)39-3/h6-17,28,33H,1-5H3,(H,34,37)(H,35,38). The van der Waals surface area contributed by atoms with Crippen LogP contribution in [0.4, 0.5) is 17.2 Å². The number of ether oxygens (including phenoxy) is 3. The zero-order chi connectivity index (χ0) is 29.1. The molecule has 1 aliphatic rings. The minimum absolute atomic E-state index is 0.329. The number of anilines is 3.